The molecule has 0 bridgehead atoms. The van der Waals surface area contributed by atoms with Crippen LogP contribution < -0.4 is 10.1 Å². The van der Waals surface area contributed by atoms with Gasteiger partial charge in [0.05, 0.1) is 22.3 Å². The van der Waals surface area contributed by atoms with Crippen LogP contribution in [-0.4, -0.2) is 44.5 Å². The number of aromatic nitrogens is 1. The van der Waals surface area contributed by atoms with Gasteiger partial charge in [0.1, 0.15) is 11.4 Å². The molecular weight excluding hydrogens is 652 g/mol. The molecule has 1 aromatic heterocycles. The number of nitrogens with zero attached hydrogens (tertiary/aromatic N) is 1. The minimum atomic E-state index is -5.16. The lowest BCUT2D eigenvalue weighted by molar-refractivity contribution is -0.265. The lowest BCUT2D eigenvalue weighted by atomic mass is 9.74. The first-order chi connectivity index (χ1) is 21.0. The Morgan fingerprint density at radius 2 is 1.64 bits per heavy atom. The smallest absolute Gasteiger partial charge is 0.418 e. The minimum absolute atomic E-state index is 0.00904. The molecule has 0 radical (unpaired) electrons. The largest absolute Gasteiger partial charge is 0.507 e. The maximum absolute atomic E-state index is 14.5. The maximum Gasteiger partial charge on any atom is 0.418 e. The molecule has 3 N–H and O–H groups in total. The molecule has 45 heavy (non-hydrogen) atoms. The number of fused-ring (bicyclic) bond motifs is 1. The molecule has 6 nitrogen and oxygen atoms in total. The van der Waals surface area contributed by atoms with Crippen molar-refractivity contribution in [1.82, 2.24) is 10.3 Å². The number of aliphatic hydroxyl groups is 1. The van der Waals surface area contributed by atoms with E-state index in [1.54, 1.807) is 62.4 Å². The Labute approximate surface area is 272 Å². The summed E-state index contributed by atoms with van der Waals surface area (Å²) in [5.41, 5.74) is -2.55. The normalized spacial score (nSPS) is 17.9. The Balaban J connectivity index is 1.75. The van der Waals surface area contributed by atoms with Gasteiger partial charge in [0.25, 0.3) is 5.91 Å². The number of hydrogen-bond donors (Lipinski definition) is 3. The third kappa shape index (κ3) is 6.58. The molecule has 5 rings (SSSR count). The standard InChI is InChI=1S/C33H28Cl3F3N2O4/c1-31(2)16-24(28(32(3,44)33(37,38)39)41-29(43)21-6-4-5-7-26(21)42)23-15-22(17-8-10-18(34)11-9-17)27(40-30(23)45-31)20-13-12-19(35)14-25(20)36/h4-15,24,28,42,44H,16H2,1-3H3,(H,41,43). The topological polar surface area (TPSA) is 91.7 Å². The predicted molar refractivity (Wildman–Crippen MR) is 168 cm³/mol. The van der Waals surface area contributed by atoms with Gasteiger partial charge in [-0.3, -0.25) is 4.79 Å². The second-order valence-electron chi connectivity index (χ2n) is 11.7. The number of carbonyl (C=O) groups excluding carboxylic acids is 1. The molecular formula is C33H28Cl3F3N2O4. The van der Waals surface area contributed by atoms with Gasteiger partial charge in [-0.25, -0.2) is 4.98 Å². The van der Waals surface area contributed by atoms with Crippen molar-refractivity contribution >= 4 is 40.7 Å². The second kappa shape index (κ2) is 12.0. The average molecular weight is 680 g/mol. The van der Waals surface area contributed by atoms with E-state index >= 15 is 0 Å². The number of rotatable bonds is 6. The first-order valence-corrected chi connectivity index (χ1v) is 14.9. The molecule has 0 fully saturated rings. The Hall–Kier alpha value is -3.50. The summed E-state index contributed by atoms with van der Waals surface area (Å²) in [7, 11) is 0. The van der Waals surface area contributed by atoms with Gasteiger partial charge in [0, 0.05) is 32.7 Å². The number of hydrogen-bond acceptors (Lipinski definition) is 5. The highest BCUT2D eigenvalue weighted by molar-refractivity contribution is 6.36. The minimum Gasteiger partial charge on any atom is -0.507 e. The van der Waals surface area contributed by atoms with Crippen LogP contribution in [0.25, 0.3) is 22.4 Å². The molecule has 0 saturated carbocycles. The highest BCUT2D eigenvalue weighted by atomic mass is 35.5. The van der Waals surface area contributed by atoms with Crippen LogP contribution in [-0.2, 0) is 0 Å². The quantitative estimate of drug-likeness (QED) is 0.189. The fraction of sp³-hybridized carbons (Fsp3) is 0.273. The summed E-state index contributed by atoms with van der Waals surface area (Å²) in [5, 5.41) is 24.9. The summed E-state index contributed by atoms with van der Waals surface area (Å²) in [6, 6.07) is 16.8. The molecule has 4 aromatic rings. The molecule has 236 valence electrons. The van der Waals surface area contributed by atoms with E-state index in [2.05, 4.69) is 5.32 Å². The second-order valence-corrected chi connectivity index (χ2v) is 13.0. The van der Waals surface area contributed by atoms with Crippen LogP contribution in [0.5, 0.6) is 11.6 Å². The summed E-state index contributed by atoms with van der Waals surface area (Å²) in [6.07, 6.45) is -5.20. The Morgan fingerprint density at radius 1 is 1.00 bits per heavy atom. The summed E-state index contributed by atoms with van der Waals surface area (Å²) in [5.74, 6) is -2.58. The van der Waals surface area contributed by atoms with Crippen LogP contribution >= 0.6 is 34.8 Å². The van der Waals surface area contributed by atoms with Crippen molar-refractivity contribution in [3.63, 3.8) is 0 Å². The number of halogens is 6. The Bertz CT molecular complexity index is 1760. The Kier molecular flexibility index (Phi) is 8.78. The van der Waals surface area contributed by atoms with Crippen molar-refractivity contribution in [3.8, 4) is 34.0 Å². The van der Waals surface area contributed by atoms with Gasteiger partial charge >= 0.3 is 6.18 Å². The van der Waals surface area contributed by atoms with Crippen molar-refractivity contribution < 1.29 is 32.9 Å². The van der Waals surface area contributed by atoms with Crippen LogP contribution in [0.3, 0.4) is 0 Å². The first-order valence-electron chi connectivity index (χ1n) is 13.8. The van der Waals surface area contributed by atoms with E-state index in [0.29, 0.717) is 39.4 Å². The van der Waals surface area contributed by atoms with Crippen LogP contribution in [0.2, 0.25) is 15.1 Å². The first kappa shape index (κ1) is 32.9. The van der Waals surface area contributed by atoms with Crippen molar-refractivity contribution in [2.45, 2.75) is 56.5 Å². The molecule has 0 saturated heterocycles. The molecule has 3 atom stereocenters. The molecule has 3 unspecified atom stereocenters. The number of aromatic hydroxyl groups is 1. The van der Waals surface area contributed by atoms with E-state index in [-0.39, 0.29) is 28.5 Å². The number of amides is 1. The average Bonchev–Trinajstić information content (AvgIpc) is 2.94. The lowest BCUT2D eigenvalue weighted by Gasteiger charge is -2.45. The molecule has 1 amide bonds. The van der Waals surface area contributed by atoms with E-state index < -0.39 is 41.0 Å². The van der Waals surface area contributed by atoms with Gasteiger partial charge in [0.15, 0.2) is 5.60 Å². The van der Waals surface area contributed by atoms with Crippen LogP contribution in [0.15, 0.2) is 72.8 Å². The highest BCUT2D eigenvalue weighted by Gasteiger charge is 2.59. The van der Waals surface area contributed by atoms with Crippen molar-refractivity contribution in [2.24, 2.45) is 0 Å². The van der Waals surface area contributed by atoms with E-state index in [9.17, 15) is 28.2 Å². The van der Waals surface area contributed by atoms with Gasteiger partial charge in [-0.15, -0.1) is 0 Å². The van der Waals surface area contributed by atoms with Crippen LogP contribution in [0, 0.1) is 0 Å². The number of pyridine rings is 1. The third-order valence-corrected chi connectivity index (χ3v) is 8.66. The fourth-order valence-electron chi connectivity index (χ4n) is 5.53. The number of phenols is 1. The monoisotopic (exact) mass is 678 g/mol. The molecule has 12 heteroatoms. The van der Waals surface area contributed by atoms with Crippen LogP contribution in [0.4, 0.5) is 13.2 Å². The Morgan fingerprint density at radius 3 is 2.27 bits per heavy atom. The van der Waals surface area contributed by atoms with Gasteiger partial charge in [-0.05, 0) is 81.3 Å². The van der Waals surface area contributed by atoms with Crippen molar-refractivity contribution in [3.05, 3.63) is 99.0 Å². The summed E-state index contributed by atoms with van der Waals surface area (Å²) in [6.45, 7) is 3.97. The number of carbonyl (C=O) groups is 1. The fourth-order valence-corrected chi connectivity index (χ4v) is 6.15. The van der Waals surface area contributed by atoms with E-state index in [4.69, 9.17) is 44.5 Å². The lowest BCUT2D eigenvalue weighted by Crippen LogP contribution is -2.62. The molecule has 0 spiro atoms. The number of phenolic OH excluding ortho intramolecular Hbond substituents is 1. The number of ether oxygens (including phenoxy) is 1. The molecule has 1 aliphatic heterocycles. The SMILES string of the molecule is CC1(C)CC(C(NC(=O)c2ccccc2O)C(C)(O)C(F)(F)F)c2cc(-c3ccc(Cl)cc3)c(-c3ccc(Cl)cc3Cl)nc2O1. The van der Waals surface area contributed by atoms with Gasteiger partial charge in [0.2, 0.25) is 5.88 Å². The van der Waals surface area contributed by atoms with Gasteiger partial charge in [-0.1, -0.05) is 59.1 Å². The number of para-hydroxylation sites is 1. The number of nitrogens with one attached hydrogen (secondary N) is 1. The van der Waals surface area contributed by atoms with E-state index in [1.165, 1.54) is 24.3 Å². The zero-order chi connectivity index (χ0) is 32.9. The zero-order valence-electron chi connectivity index (χ0n) is 24.2. The van der Waals surface area contributed by atoms with Crippen molar-refractivity contribution in [1.29, 1.82) is 0 Å². The number of benzene rings is 3. The maximum atomic E-state index is 14.5. The van der Waals surface area contributed by atoms with Gasteiger partial charge in [-0.2, -0.15) is 13.2 Å². The van der Waals surface area contributed by atoms with Crippen molar-refractivity contribution in [2.75, 3.05) is 0 Å². The molecule has 1 aliphatic rings. The summed E-state index contributed by atoms with van der Waals surface area (Å²) in [4.78, 5) is 18.2. The van der Waals surface area contributed by atoms with Crippen LogP contribution in [0.1, 0.15) is 49.0 Å². The van der Waals surface area contributed by atoms with E-state index in [0.717, 1.165) is 0 Å². The third-order valence-electron chi connectivity index (χ3n) is 7.86. The van der Waals surface area contributed by atoms with E-state index in [1.807, 2.05) is 0 Å². The molecule has 3 aromatic carbocycles. The summed E-state index contributed by atoms with van der Waals surface area (Å²) < 4.78 is 49.9. The number of alkyl halides is 3. The highest BCUT2D eigenvalue weighted by Crippen LogP contribution is 2.50. The predicted octanol–water partition coefficient (Wildman–Crippen LogP) is 8.84. The summed E-state index contributed by atoms with van der Waals surface area (Å²) >= 11 is 18.9. The molecule has 0 aliphatic carbocycles. The van der Waals surface area contributed by atoms with Gasteiger partial charge < -0.3 is 20.3 Å². The molecule has 2 heterocycles. The zero-order valence-corrected chi connectivity index (χ0v) is 26.5.